The molecule has 0 aliphatic rings. The van der Waals surface area contributed by atoms with E-state index >= 15 is 0 Å². The summed E-state index contributed by atoms with van der Waals surface area (Å²) in [6.07, 6.45) is 13.3. The van der Waals surface area contributed by atoms with E-state index in [0.717, 1.165) is 142 Å². The number of pyridine rings is 7. The average molecular weight is 1660 g/mol. The van der Waals surface area contributed by atoms with Gasteiger partial charge in [-0.3, -0.25) is 34.9 Å². The maximum absolute atomic E-state index is 4.73. The molecule has 0 atom stereocenters. The first-order chi connectivity index (χ1) is 46.7. The Morgan fingerprint density at radius 1 is 0.263 bits per heavy atom. The van der Waals surface area contributed by atoms with Crippen LogP contribution in [0.1, 0.15) is 62.6 Å². The number of hydrogen-bond donors (Lipinski definition) is 0. The monoisotopic (exact) mass is 1660 g/mol. The molecule has 0 saturated heterocycles. The molecule has 0 N–H and O–H groups in total. The van der Waals surface area contributed by atoms with Crippen LogP contribution in [0.3, 0.4) is 0 Å². The topological polar surface area (TPSA) is 255 Å². The molecule has 16 heterocycles. The summed E-state index contributed by atoms with van der Waals surface area (Å²) in [7, 11) is 0. The molecule has 0 saturated carbocycles. The average Bonchev–Trinajstić information content (AvgIpc) is 1.84. The van der Waals surface area contributed by atoms with Crippen molar-refractivity contribution in [3.8, 4) is 91.2 Å². The Kier molecular flexibility index (Phi) is 26.5. The van der Waals surface area contributed by atoms with Gasteiger partial charge in [-0.25, -0.2) is 9.97 Å². The summed E-state index contributed by atoms with van der Waals surface area (Å²) in [5, 5.41) is 16.3. The number of rotatable bonds is 16. The van der Waals surface area contributed by atoms with Crippen LogP contribution in [0.25, 0.3) is 91.2 Å². The van der Waals surface area contributed by atoms with E-state index in [1.807, 2.05) is 239 Å². The van der Waals surface area contributed by atoms with Crippen molar-refractivity contribution in [1.82, 2.24) is 95.2 Å². The first-order valence-electron chi connectivity index (χ1n) is 30.7. The van der Waals surface area contributed by atoms with Crippen LogP contribution in [0.5, 0.6) is 0 Å². The molecule has 16 aromatic heterocycles. The van der Waals surface area contributed by atoms with E-state index in [1.165, 1.54) is 0 Å². The molecule has 0 aliphatic heterocycles. The predicted molar refractivity (Wildman–Crippen MR) is 363 cm³/mol. The van der Waals surface area contributed by atoms with Crippen LogP contribution in [0.4, 0.5) is 0 Å². The zero-order valence-corrected chi connectivity index (χ0v) is 59.6. The maximum atomic E-state index is 4.73. The Bertz CT molecular complexity index is 4590. The normalized spacial score (nSPS) is 10.4. The number of nitrogens with zero attached hydrogens (tertiary/aromatic N) is 19. The summed E-state index contributed by atoms with van der Waals surface area (Å²) in [5.74, 6) is 0.585. The van der Waals surface area contributed by atoms with Crippen LogP contribution >= 0.6 is 0 Å². The summed E-state index contributed by atoms with van der Waals surface area (Å²) in [5.41, 5.74) is 23.4. The molecule has 0 fully saturated rings. The predicted octanol–water partition coefficient (Wildman–Crippen LogP) is 12.4. The van der Waals surface area contributed by atoms with Crippen LogP contribution in [0.2, 0.25) is 0 Å². The van der Waals surface area contributed by atoms with Crippen molar-refractivity contribution in [3.05, 3.63) is 318 Å². The van der Waals surface area contributed by atoms with Crippen LogP contribution in [-0.2, 0) is 107 Å². The Labute approximate surface area is 627 Å². The molecule has 0 aromatic carbocycles. The van der Waals surface area contributed by atoms with Crippen molar-refractivity contribution in [3.63, 3.8) is 0 Å². The van der Waals surface area contributed by atoms with E-state index in [4.69, 9.17) is 9.97 Å². The third-order valence-corrected chi connectivity index (χ3v) is 14.7. The minimum absolute atomic E-state index is 0. The Balaban J connectivity index is 0.000000152. The Morgan fingerprint density at radius 3 is 0.808 bits per heavy atom. The van der Waals surface area contributed by atoms with Crippen LogP contribution < -0.4 is 40.1 Å². The van der Waals surface area contributed by atoms with Gasteiger partial charge in [-0.05, 0) is 105 Å². The fourth-order valence-electron chi connectivity index (χ4n) is 10.3. The second kappa shape index (κ2) is 35.9. The van der Waals surface area contributed by atoms with Crippen molar-refractivity contribution < 1.29 is 81.7 Å². The second-order valence-electron chi connectivity index (χ2n) is 22.0. The van der Waals surface area contributed by atoms with Gasteiger partial charge in [0, 0.05) is 123 Å². The summed E-state index contributed by atoms with van der Waals surface area (Å²) in [6.45, 7) is 5.81. The standard InChI is InChI=1S/C20H16N4.C19H15N5.C19H14N4.C18H14N6.4Pd/c1-14-10-11-20(22-14)19-8-3-6-16(24-19)13-15-5-2-7-18(23-15)17-9-4-12-21-17;1-13-11-19(24-23-13)18-8-3-6-15(22-18)12-14-5-2-7-17(21-14)16-9-4-10-20-16;1-5-14(22-18(7-1)16-9-3-11-20-16)13-15-6-2-8-19(23-15)17-10-4-12-21-17;1-12-10-17(24-23-12)18-20-9-7-14(22-18)11-13-4-2-5-16(21-13)15-6-3-8-19-15;;;;/h2-12H,13H2,1H3;2-11H,12H2,1H3;1-12H,13H2;2-10H,11H2,1H3;;;;/q4*-2;4*+2. The first kappa shape index (κ1) is 73.1. The van der Waals surface area contributed by atoms with Crippen molar-refractivity contribution >= 4 is 0 Å². The van der Waals surface area contributed by atoms with Gasteiger partial charge in [-0.1, -0.05) is 146 Å². The van der Waals surface area contributed by atoms with E-state index in [-0.39, 0.29) is 81.7 Å². The third kappa shape index (κ3) is 20.0. The molecule has 0 aliphatic carbocycles. The summed E-state index contributed by atoms with van der Waals surface area (Å²) < 4.78 is 0. The fraction of sp³-hybridized carbons (Fsp3) is 0.0921. The number of hydrogen-bond acceptors (Lipinski definition) is 11. The van der Waals surface area contributed by atoms with Crippen molar-refractivity contribution in [2.75, 3.05) is 0 Å². The van der Waals surface area contributed by atoms with Crippen LogP contribution in [-0.4, -0.2) is 55.1 Å². The smallest absolute Gasteiger partial charge is 0.662 e. The Hall–Kier alpha value is -10.1. The molecule has 16 rings (SSSR count). The zero-order chi connectivity index (χ0) is 64.6. The molecule has 23 heteroatoms. The molecule has 0 unspecified atom stereocenters. The van der Waals surface area contributed by atoms with Gasteiger partial charge in [-0.2, -0.15) is 36.7 Å². The van der Waals surface area contributed by atoms with Gasteiger partial charge in [0.25, 0.3) is 0 Å². The molecule has 0 amide bonds. The first-order valence-corrected chi connectivity index (χ1v) is 30.7. The van der Waals surface area contributed by atoms with Gasteiger partial charge in [0.2, 0.25) is 0 Å². The van der Waals surface area contributed by atoms with E-state index in [1.54, 1.807) is 37.2 Å². The molecule has 16 aromatic rings. The molecule has 498 valence electrons. The van der Waals surface area contributed by atoms with Crippen molar-refractivity contribution in [1.29, 1.82) is 0 Å². The van der Waals surface area contributed by atoms with E-state index < -0.39 is 0 Å². The fourth-order valence-corrected chi connectivity index (χ4v) is 10.3. The molecule has 0 spiro atoms. The van der Waals surface area contributed by atoms with Gasteiger partial charge >= 0.3 is 81.7 Å². The van der Waals surface area contributed by atoms with Gasteiger partial charge in [0.05, 0.1) is 5.69 Å². The minimum atomic E-state index is 0. The maximum Gasteiger partial charge on any atom is 2.00 e. The van der Waals surface area contributed by atoms with Gasteiger partial charge in [-0.15, -0.1) is 34.2 Å². The minimum Gasteiger partial charge on any atom is -0.662 e. The number of aromatic nitrogens is 19. The van der Waals surface area contributed by atoms with Gasteiger partial charge in [0.15, 0.2) is 0 Å². The van der Waals surface area contributed by atoms with E-state index in [9.17, 15) is 0 Å². The van der Waals surface area contributed by atoms with Crippen molar-refractivity contribution in [2.45, 2.75) is 46.5 Å². The van der Waals surface area contributed by atoms with Gasteiger partial charge in [0.1, 0.15) is 5.82 Å². The summed E-state index contributed by atoms with van der Waals surface area (Å²) in [4.78, 5) is 67.7. The third-order valence-electron chi connectivity index (χ3n) is 14.7. The molecule has 0 radical (unpaired) electrons. The Morgan fingerprint density at radius 2 is 0.545 bits per heavy atom. The SMILES string of the molecule is Cc1cc(-c2cccc(Cc3cccc(-c4ccc[n-]4)n3)n2)[n-]n1.Cc1cc(-c2nccc(Cc3cccc(-c4ccc[n-]4)n3)n2)[n-]n1.Cc1ccc(-c2cccc(Cc3cccc(-c4ccc[n-]4)n3)n2)[n-]1.[Pd+2].[Pd+2].[Pd+2].[Pd+2].c1cc(Cc2cccc(-c3ccc[n-]3)n2)nc(-c2ccc[n-]2)c1. The largest absolute Gasteiger partial charge is 2.00 e. The van der Waals surface area contributed by atoms with Crippen LogP contribution in [0.15, 0.2) is 256 Å². The molecular formula is C76H59N19Pd4. The molecule has 99 heavy (non-hydrogen) atoms. The van der Waals surface area contributed by atoms with Crippen molar-refractivity contribution in [2.24, 2.45) is 0 Å². The van der Waals surface area contributed by atoms with Crippen LogP contribution in [0, 0.1) is 20.8 Å². The van der Waals surface area contributed by atoms with E-state index in [2.05, 4.69) is 85.2 Å². The zero-order valence-electron chi connectivity index (χ0n) is 53.3. The molecular weight excluding hydrogens is 1600 g/mol. The second-order valence-corrected chi connectivity index (χ2v) is 22.0. The van der Waals surface area contributed by atoms with Gasteiger partial charge < -0.3 is 50.3 Å². The number of aryl methyl sites for hydroxylation is 3. The van der Waals surface area contributed by atoms with E-state index in [0.29, 0.717) is 37.2 Å². The molecule has 0 bridgehead atoms. The summed E-state index contributed by atoms with van der Waals surface area (Å²) >= 11 is 0. The quantitative estimate of drug-likeness (QED) is 0.0815. The summed E-state index contributed by atoms with van der Waals surface area (Å²) in [6, 6.07) is 71.0. The molecule has 19 nitrogen and oxygen atoms in total.